The van der Waals surface area contributed by atoms with Crippen molar-refractivity contribution in [1.29, 1.82) is 0 Å². The summed E-state index contributed by atoms with van der Waals surface area (Å²) in [5.41, 5.74) is 1.18. The van der Waals surface area contributed by atoms with Crippen molar-refractivity contribution < 1.29 is 32.0 Å². The third kappa shape index (κ3) is 5.79. The maximum atomic E-state index is 12.3. The van der Waals surface area contributed by atoms with Crippen LogP contribution in [0, 0.1) is 16.0 Å². The molecule has 4 N–H and O–H groups in total. The molecule has 2 heterocycles. The molecule has 2 aromatic rings. The molecule has 30 heavy (non-hydrogen) atoms. The van der Waals surface area contributed by atoms with E-state index in [1.54, 1.807) is 0 Å². The van der Waals surface area contributed by atoms with Gasteiger partial charge in [0.05, 0.1) is 10.8 Å². The van der Waals surface area contributed by atoms with Gasteiger partial charge in [-0.2, -0.15) is 8.42 Å². The lowest BCUT2D eigenvalue weighted by Crippen LogP contribution is -2.16. The number of nitrogens with zero attached hydrogens (tertiary/aromatic N) is 2. The predicted molar refractivity (Wildman–Crippen MR) is 106 cm³/mol. The van der Waals surface area contributed by atoms with Gasteiger partial charge < -0.3 is 10.6 Å². The van der Waals surface area contributed by atoms with Crippen molar-refractivity contribution in [2.24, 2.45) is 5.92 Å². The minimum Gasteiger partial charge on any atom is -0.325 e. The molecule has 0 saturated heterocycles. The first-order valence-electron chi connectivity index (χ1n) is 8.43. The summed E-state index contributed by atoms with van der Waals surface area (Å²) in [5.74, 6) is -1.14. The number of nitro benzene ring substituents is 1. The number of aromatic nitrogens is 1. The monoisotopic (exact) mass is 438 g/mol. The maximum absolute atomic E-state index is 12.3. The highest BCUT2D eigenvalue weighted by Crippen LogP contribution is 2.42. The van der Waals surface area contributed by atoms with Crippen molar-refractivity contribution in [1.82, 2.24) is 4.98 Å². The highest BCUT2D eigenvalue weighted by atomic mass is 32.3. The molecular weight excluding hydrogens is 420 g/mol. The Balaban J connectivity index is 0.000000575. The fourth-order valence-electron chi connectivity index (χ4n) is 2.93. The molecule has 3 rings (SSSR count). The number of pyridine rings is 1. The van der Waals surface area contributed by atoms with E-state index in [9.17, 15) is 19.7 Å². The minimum atomic E-state index is -4.67. The van der Waals surface area contributed by atoms with Crippen LogP contribution in [-0.2, 0) is 15.2 Å². The average molecular weight is 438 g/mol. The average Bonchev–Trinajstić information content (AvgIpc) is 2.95. The summed E-state index contributed by atoms with van der Waals surface area (Å²) >= 11 is 0. The Morgan fingerprint density at radius 3 is 2.33 bits per heavy atom. The Morgan fingerprint density at radius 1 is 1.27 bits per heavy atom. The summed E-state index contributed by atoms with van der Waals surface area (Å²) in [6.45, 7) is 3.76. The fourth-order valence-corrected chi connectivity index (χ4v) is 2.93. The summed E-state index contributed by atoms with van der Waals surface area (Å²) in [6, 6.07) is 5.81. The van der Waals surface area contributed by atoms with Crippen LogP contribution in [0.5, 0.6) is 0 Å². The van der Waals surface area contributed by atoms with E-state index in [1.165, 1.54) is 36.7 Å². The molecule has 1 aliphatic heterocycles. The van der Waals surface area contributed by atoms with Crippen molar-refractivity contribution in [3.63, 3.8) is 0 Å². The second-order valence-corrected chi connectivity index (χ2v) is 7.46. The van der Waals surface area contributed by atoms with Crippen LogP contribution in [0.25, 0.3) is 0 Å². The number of nitro groups is 1. The van der Waals surface area contributed by atoms with Crippen LogP contribution in [0.15, 0.2) is 36.7 Å². The van der Waals surface area contributed by atoms with Gasteiger partial charge in [-0.15, -0.1) is 0 Å². The van der Waals surface area contributed by atoms with E-state index in [1.807, 2.05) is 13.8 Å². The van der Waals surface area contributed by atoms with Crippen LogP contribution in [0.4, 0.5) is 17.1 Å². The van der Waals surface area contributed by atoms with E-state index in [0.717, 1.165) is 0 Å². The lowest BCUT2D eigenvalue weighted by molar-refractivity contribution is -0.384. The highest BCUT2D eigenvalue weighted by molar-refractivity contribution is 7.79. The molecular formula is C17H18N4O8S. The van der Waals surface area contributed by atoms with Gasteiger partial charge in [-0.05, 0) is 29.7 Å². The number of hydrogen-bond acceptors (Lipinski definition) is 7. The highest BCUT2D eigenvalue weighted by Gasteiger charge is 2.35. The molecule has 1 atom stereocenters. The Hall–Kier alpha value is -3.42. The van der Waals surface area contributed by atoms with E-state index in [2.05, 4.69) is 15.6 Å². The first-order chi connectivity index (χ1) is 13.9. The topological polar surface area (TPSA) is 189 Å². The van der Waals surface area contributed by atoms with Gasteiger partial charge in [0.15, 0.2) is 0 Å². The number of anilines is 2. The van der Waals surface area contributed by atoms with Crippen molar-refractivity contribution in [3.8, 4) is 0 Å². The van der Waals surface area contributed by atoms with E-state index < -0.39 is 27.1 Å². The van der Waals surface area contributed by atoms with E-state index in [4.69, 9.17) is 17.5 Å². The first kappa shape index (κ1) is 22.9. The van der Waals surface area contributed by atoms with Crippen LogP contribution >= 0.6 is 0 Å². The van der Waals surface area contributed by atoms with Crippen LogP contribution in [0.1, 0.15) is 35.7 Å². The minimum absolute atomic E-state index is 0.00175. The number of benzene rings is 1. The summed E-state index contributed by atoms with van der Waals surface area (Å²) < 4.78 is 31.6. The number of rotatable bonds is 4. The summed E-state index contributed by atoms with van der Waals surface area (Å²) in [4.78, 5) is 39.1. The number of hydrogen-bond donors (Lipinski definition) is 4. The van der Waals surface area contributed by atoms with Crippen molar-refractivity contribution in [2.45, 2.75) is 19.8 Å². The molecule has 1 unspecified atom stereocenters. The maximum Gasteiger partial charge on any atom is 0.394 e. The van der Waals surface area contributed by atoms with Gasteiger partial charge in [0, 0.05) is 29.7 Å². The zero-order chi connectivity index (χ0) is 22.6. The number of fused-ring (bicyclic) bond motifs is 1. The van der Waals surface area contributed by atoms with Gasteiger partial charge in [0.1, 0.15) is 5.69 Å². The molecule has 13 heteroatoms. The quantitative estimate of drug-likeness (QED) is 0.315. The largest absolute Gasteiger partial charge is 0.394 e. The van der Waals surface area contributed by atoms with Gasteiger partial charge in [-0.25, -0.2) is 0 Å². The molecule has 0 radical (unpaired) electrons. The van der Waals surface area contributed by atoms with Crippen molar-refractivity contribution >= 4 is 39.3 Å². The second-order valence-electron chi connectivity index (χ2n) is 6.56. The first-order valence-corrected chi connectivity index (χ1v) is 9.82. The molecule has 0 spiro atoms. The number of carbonyl (C=O) groups is 2. The third-order valence-electron chi connectivity index (χ3n) is 4.10. The Labute approximate surface area is 171 Å². The van der Waals surface area contributed by atoms with Crippen molar-refractivity contribution in [2.75, 3.05) is 10.6 Å². The number of nitrogens with one attached hydrogen (secondary N) is 2. The Kier molecular flexibility index (Phi) is 6.81. The third-order valence-corrected chi connectivity index (χ3v) is 4.10. The summed E-state index contributed by atoms with van der Waals surface area (Å²) in [6.07, 6.45) is 2.92. The normalized spacial score (nSPS) is 15.0. The van der Waals surface area contributed by atoms with E-state index in [-0.39, 0.29) is 23.2 Å². The van der Waals surface area contributed by atoms with Gasteiger partial charge in [-0.1, -0.05) is 13.8 Å². The summed E-state index contributed by atoms with van der Waals surface area (Å²) in [7, 11) is -4.67. The molecule has 0 aliphatic carbocycles. The Bertz CT molecular complexity index is 1080. The lowest BCUT2D eigenvalue weighted by Gasteiger charge is -2.13. The van der Waals surface area contributed by atoms with Gasteiger partial charge in [0.2, 0.25) is 5.91 Å². The molecule has 0 fully saturated rings. The van der Waals surface area contributed by atoms with Crippen LogP contribution in [-0.4, -0.2) is 39.2 Å². The van der Waals surface area contributed by atoms with Gasteiger partial charge in [-0.3, -0.25) is 33.8 Å². The number of carbonyl (C=O) groups excluding carboxylic acids is 2. The SMILES string of the molecule is CC(C)C1C(=O)Nc2cc(NC(=O)c3ccncc3)c([N+](=O)[O-])cc21.O=S(=O)(O)O. The molecule has 2 amide bonds. The zero-order valence-electron chi connectivity index (χ0n) is 15.8. The molecule has 160 valence electrons. The second kappa shape index (κ2) is 8.94. The van der Waals surface area contributed by atoms with Crippen LogP contribution in [0.2, 0.25) is 0 Å². The lowest BCUT2D eigenvalue weighted by atomic mass is 9.89. The van der Waals surface area contributed by atoms with Crippen LogP contribution < -0.4 is 10.6 Å². The molecule has 0 bridgehead atoms. The van der Waals surface area contributed by atoms with E-state index >= 15 is 0 Å². The predicted octanol–water partition coefficient (Wildman–Crippen LogP) is 2.28. The van der Waals surface area contributed by atoms with Crippen molar-refractivity contribution in [3.05, 3.63) is 57.9 Å². The van der Waals surface area contributed by atoms with Gasteiger partial charge >= 0.3 is 10.4 Å². The Morgan fingerprint density at radius 2 is 1.83 bits per heavy atom. The molecule has 1 aromatic carbocycles. The molecule has 0 saturated carbocycles. The molecule has 1 aromatic heterocycles. The molecule has 1 aliphatic rings. The molecule has 12 nitrogen and oxygen atoms in total. The zero-order valence-corrected chi connectivity index (χ0v) is 16.6. The summed E-state index contributed by atoms with van der Waals surface area (Å²) in [5, 5.41) is 16.7. The number of amides is 2. The smallest absolute Gasteiger partial charge is 0.325 e. The standard InChI is InChI=1S/C17H16N4O4.H2O4S/c1-9(2)15-11-7-14(21(24)25)13(8-12(11)19-17(15)23)20-16(22)10-3-5-18-6-4-10;1-5(2,3)4/h3-9,15H,1-2H3,(H,19,23)(H,20,22);(H2,1,2,3,4). The van der Waals surface area contributed by atoms with E-state index in [0.29, 0.717) is 16.8 Å². The van der Waals surface area contributed by atoms with Crippen LogP contribution in [0.3, 0.4) is 0 Å². The van der Waals surface area contributed by atoms with Gasteiger partial charge in [0.25, 0.3) is 11.6 Å². The fraction of sp³-hybridized carbons (Fsp3) is 0.235.